The Morgan fingerprint density at radius 3 is 2.21 bits per heavy atom. The minimum Gasteiger partial charge on any atom is -0.324 e. The average molecular weight is 259 g/mol. The third-order valence-electron chi connectivity index (χ3n) is 3.93. The van der Waals surface area contributed by atoms with E-state index in [2.05, 4.69) is 12.1 Å². The first-order valence-electron chi connectivity index (χ1n) is 6.43. The normalized spacial score (nSPS) is 16.4. The van der Waals surface area contributed by atoms with Crippen LogP contribution in [0.2, 0.25) is 0 Å². The maximum Gasteiger partial charge on any atom is 0.163 e. The molecule has 2 aromatic rings. The van der Waals surface area contributed by atoms with Crippen molar-refractivity contribution in [1.29, 1.82) is 0 Å². The van der Waals surface area contributed by atoms with Gasteiger partial charge in [-0.3, -0.25) is 0 Å². The van der Waals surface area contributed by atoms with E-state index >= 15 is 0 Å². The molecule has 1 atom stereocenters. The van der Waals surface area contributed by atoms with E-state index in [1.54, 1.807) is 6.07 Å². The van der Waals surface area contributed by atoms with Crippen molar-refractivity contribution in [2.24, 2.45) is 11.7 Å². The molecule has 0 bridgehead atoms. The van der Waals surface area contributed by atoms with E-state index in [0.29, 0.717) is 0 Å². The van der Waals surface area contributed by atoms with Gasteiger partial charge >= 0.3 is 0 Å². The van der Waals surface area contributed by atoms with Crippen LogP contribution in [0, 0.1) is 17.6 Å². The van der Waals surface area contributed by atoms with Crippen molar-refractivity contribution in [3.05, 3.63) is 70.8 Å². The van der Waals surface area contributed by atoms with Crippen LogP contribution in [-0.4, -0.2) is 0 Å². The van der Waals surface area contributed by atoms with E-state index < -0.39 is 17.7 Å². The maximum atomic E-state index is 13.8. The summed E-state index contributed by atoms with van der Waals surface area (Å²) in [7, 11) is 0. The molecule has 0 aliphatic heterocycles. The molecule has 1 aliphatic rings. The number of halogens is 2. The van der Waals surface area contributed by atoms with Crippen molar-refractivity contribution in [2.75, 3.05) is 0 Å². The Hall–Kier alpha value is -1.74. The second-order valence-corrected chi connectivity index (χ2v) is 5.11. The first kappa shape index (κ1) is 12.3. The van der Waals surface area contributed by atoms with Gasteiger partial charge in [-0.2, -0.15) is 0 Å². The van der Waals surface area contributed by atoms with Crippen molar-refractivity contribution < 1.29 is 8.78 Å². The average Bonchev–Trinajstić information content (AvgIpc) is 2.85. The molecule has 0 saturated carbocycles. The van der Waals surface area contributed by atoms with E-state index in [1.807, 2.05) is 12.1 Å². The van der Waals surface area contributed by atoms with Gasteiger partial charge in [0.15, 0.2) is 11.6 Å². The lowest BCUT2D eigenvalue weighted by Crippen LogP contribution is -2.23. The second kappa shape index (κ2) is 4.74. The van der Waals surface area contributed by atoms with Crippen molar-refractivity contribution in [2.45, 2.75) is 18.9 Å². The summed E-state index contributed by atoms with van der Waals surface area (Å²) in [4.78, 5) is 0. The monoisotopic (exact) mass is 259 g/mol. The summed E-state index contributed by atoms with van der Waals surface area (Å²) in [5, 5.41) is 0. The molecule has 1 nitrogen and oxygen atoms in total. The molecule has 0 spiro atoms. The van der Waals surface area contributed by atoms with Gasteiger partial charge < -0.3 is 5.73 Å². The Balaban J connectivity index is 1.87. The van der Waals surface area contributed by atoms with Crippen molar-refractivity contribution in [3.8, 4) is 0 Å². The minimum absolute atomic E-state index is 0.133. The highest BCUT2D eigenvalue weighted by Crippen LogP contribution is 2.34. The predicted octanol–water partition coefficient (Wildman–Crippen LogP) is 3.38. The third-order valence-corrected chi connectivity index (χ3v) is 3.93. The minimum atomic E-state index is -0.830. The molecule has 0 aromatic heterocycles. The van der Waals surface area contributed by atoms with Crippen LogP contribution in [0.1, 0.15) is 22.7 Å². The summed E-state index contributed by atoms with van der Waals surface area (Å²) < 4.78 is 27.0. The molecule has 0 radical (unpaired) electrons. The van der Waals surface area contributed by atoms with Crippen LogP contribution in [0.4, 0.5) is 8.78 Å². The zero-order valence-electron chi connectivity index (χ0n) is 10.4. The highest BCUT2D eigenvalue weighted by atomic mass is 19.2. The second-order valence-electron chi connectivity index (χ2n) is 5.11. The lowest BCUT2D eigenvalue weighted by Gasteiger charge is -2.20. The lowest BCUT2D eigenvalue weighted by atomic mass is 9.91. The molecule has 3 rings (SSSR count). The van der Waals surface area contributed by atoms with Crippen LogP contribution in [0.3, 0.4) is 0 Å². The molecule has 0 fully saturated rings. The highest BCUT2D eigenvalue weighted by Gasteiger charge is 2.29. The van der Waals surface area contributed by atoms with Crippen LogP contribution in [-0.2, 0) is 12.8 Å². The van der Waals surface area contributed by atoms with E-state index in [0.717, 1.165) is 18.9 Å². The predicted molar refractivity (Wildman–Crippen MR) is 70.6 cm³/mol. The Kier molecular flexibility index (Phi) is 3.07. The largest absolute Gasteiger partial charge is 0.324 e. The fraction of sp³-hybridized carbons (Fsp3) is 0.250. The van der Waals surface area contributed by atoms with E-state index in [9.17, 15) is 8.78 Å². The Labute approximate surface area is 111 Å². The molecule has 3 heteroatoms. The van der Waals surface area contributed by atoms with Gasteiger partial charge in [0.1, 0.15) is 0 Å². The smallest absolute Gasteiger partial charge is 0.163 e. The van der Waals surface area contributed by atoms with Gasteiger partial charge in [-0.05, 0) is 36.0 Å². The fourth-order valence-corrected chi connectivity index (χ4v) is 2.88. The number of rotatable bonds is 2. The fourth-order valence-electron chi connectivity index (χ4n) is 2.88. The van der Waals surface area contributed by atoms with Crippen LogP contribution in [0.25, 0.3) is 0 Å². The van der Waals surface area contributed by atoms with Crippen LogP contribution in [0.15, 0.2) is 42.5 Å². The summed E-state index contributed by atoms with van der Waals surface area (Å²) in [6.45, 7) is 0. The molecular weight excluding hydrogens is 244 g/mol. The van der Waals surface area contributed by atoms with Crippen LogP contribution >= 0.6 is 0 Å². The molecule has 0 amide bonds. The third kappa shape index (κ3) is 2.15. The van der Waals surface area contributed by atoms with Gasteiger partial charge in [-0.1, -0.05) is 36.4 Å². The topological polar surface area (TPSA) is 26.0 Å². The van der Waals surface area contributed by atoms with Gasteiger partial charge in [0.25, 0.3) is 0 Å². The molecule has 0 saturated heterocycles. The Bertz CT molecular complexity index is 584. The molecule has 2 N–H and O–H groups in total. The molecule has 1 aliphatic carbocycles. The lowest BCUT2D eigenvalue weighted by molar-refractivity contribution is 0.421. The van der Waals surface area contributed by atoms with Gasteiger partial charge in [0, 0.05) is 11.6 Å². The highest BCUT2D eigenvalue weighted by molar-refractivity contribution is 5.34. The SMILES string of the molecule is NC(c1cccc(F)c1F)C1Cc2ccccc2C1. The van der Waals surface area contributed by atoms with Gasteiger partial charge in [0.2, 0.25) is 0 Å². The maximum absolute atomic E-state index is 13.8. The van der Waals surface area contributed by atoms with E-state index in [-0.39, 0.29) is 11.5 Å². The first-order chi connectivity index (χ1) is 9.16. The standard InChI is InChI=1S/C16H15F2N/c17-14-7-3-6-13(15(14)18)16(19)12-8-10-4-1-2-5-11(10)9-12/h1-7,12,16H,8-9,19H2. The summed E-state index contributed by atoms with van der Waals surface area (Å²) in [6, 6.07) is 11.9. The number of nitrogens with two attached hydrogens (primary N) is 1. The van der Waals surface area contributed by atoms with E-state index in [4.69, 9.17) is 5.73 Å². The van der Waals surface area contributed by atoms with Crippen molar-refractivity contribution in [3.63, 3.8) is 0 Å². The Morgan fingerprint density at radius 2 is 1.58 bits per heavy atom. The molecule has 1 unspecified atom stereocenters. The molecule has 0 heterocycles. The van der Waals surface area contributed by atoms with Crippen LogP contribution in [0.5, 0.6) is 0 Å². The number of benzene rings is 2. The summed E-state index contributed by atoms with van der Waals surface area (Å²) in [5.74, 6) is -1.51. The zero-order chi connectivity index (χ0) is 13.4. The molecule has 2 aromatic carbocycles. The number of hydrogen-bond donors (Lipinski definition) is 1. The summed E-state index contributed by atoms with van der Waals surface area (Å²) >= 11 is 0. The number of fused-ring (bicyclic) bond motifs is 1. The Morgan fingerprint density at radius 1 is 0.947 bits per heavy atom. The van der Waals surface area contributed by atoms with E-state index in [1.165, 1.54) is 17.2 Å². The molecule has 98 valence electrons. The first-order valence-corrected chi connectivity index (χ1v) is 6.43. The van der Waals surface area contributed by atoms with Crippen molar-refractivity contribution in [1.82, 2.24) is 0 Å². The van der Waals surface area contributed by atoms with Gasteiger partial charge in [0.05, 0.1) is 0 Å². The van der Waals surface area contributed by atoms with Gasteiger partial charge in [-0.15, -0.1) is 0 Å². The summed E-state index contributed by atoms with van der Waals surface area (Å²) in [5.41, 5.74) is 8.95. The summed E-state index contributed by atoms with van der Waals surface area (Å²) in [6.07, 6.45) is 1.65. The number of hydrogen-bond acceptors (Lipinski definition) is 1. The quantitative estimate of drug-likeness (QED) is 0.879. The zero-order valence-corrected chi connectivity index (χ0v) is 10.4. The van der Waals surface area contributed by atoms with Gasteiger partial charge in [-0.25, -0.2) is 8.78 Å². The van der Waals surface area contributed by atoms with Crippen molar-refractivity contribution >= 4 is 0 Å². The van der Waals surface area contributed by atoms with Crippen LogP contribution < -0.4 is 5.73 Å². The molecular formula is C16H15F2N. The molecule has 19 heavy (non-hydrogen) atoms.